The van der Waals surface area contributed by atoms with E-state index in [4.69, 9.17) is 23.2 Å². The molecule has 1 unspecified atom stereocenters. The molecule has 108 valence electrons. The minimum atomic E-state index is -0.614. The van der Waals surface area contributed by atoms with Gasteiger partial charge in [-0.25, -0.2) is 0 Å². The van der Waals surface area contributed by atoms with Gasteiger partial charge in [-0.2, -0.15) is 5.10 Å². The molecular formula is C15H18Cl2N2O. The lowest BCUT2D eigenvalue weighted by molar-refractivity contribution is 0.175. The van der Waals surface area contributed by atoms with Crippen LogP contribution in [0.3, 0.4) is 0 Å². The highest BCUT2D eigenvalue weighted by atomic mass is 35.5. The number of rotatable bonds is 5. The van der Waals surface area contributed by atoms with E-state index >= 15 is 0 Å². The van der Waals surface area contributed by atoms with E-state index in [9.17, 15) is 5.11 Å². The molecule has 0 radical (unpaired) electrons. The zero-order chi connectivity index (χ0) is 14.7. The van der Waals surface area contributed by atoms with Gasteiger partial charge in [-0.15, -0.1) is 0 Å². The Morgan fingerprint density at radius 2 is 1.95 bits per heavy atom. The van der Waals surface area contributed by atoms with Crippen molar-refractivity contribution in [3.63, 3.8) is 0 Å². The first kappa shape index (κ1) is 15.4. The fraction of sp³-hybridized carbons (Fsp3) is 0.400. The predicted octanol–water partition coefficient (Wildman–Crippen LogP) is 4.05. The molecule has 1 N–H and O–H groups in total. The molecule has 0 saturated heterocycles. The highest BCUT2D eigenvalue weighted by Crippen LogP contribution is 2.27. The van der Waals surface area contributed by atoms with Crippen molar-refractivity contribution in [2.45, 2.75) is 39.3 Å². The molecule has 20 heavy (non-hydrogen) atoms. The summed E-state index contributed by atoms with van der Waals surface area (Å²) in [6, 6.07) is 7.26. The number of nitrogens with zero attached hydrogens (tertiary/aromatic N) is 2. The Morgan fingerprint density at radius 1 is 1.20 bits per heavy atom. The van der Waals surface area contributed by atoms with Crippen molar-refractivity contribution in [2.75, 3.05) is 0 Å². The SMILES string of the molecule is CCc1cc(CC(O)c2ccc(Cl)c(Cl)c2)n(CC)n1. The van der Waals surface area contributed by atoms with Crippen LogP contribution in [0, 0.1) is 0 Å². The van der Waals surface area contributed by atoms with Gasteiger partial charge in [-0.1, -0.05) is 36.2 Å². The molecule has 1 heterocycles. The molecule has 5 heteroatoms. The number of benzene rings is 1. The molecule has 0 spiro atoms. The van der Waals surface area contributed by atoms with Gasteiger partial charge >= 0.3 is 0 Å². The summed E-state index contributed by atoms with van der Waals surface area (Å²) in [6.07, 6.45) is 0.790. The molecule has 0 fully saturated rings. The van der Waals surface area contributed by atoms with Crippen molar-refractivity contribution < 1.29 is 5.11 Å². The zero-order valence-corrected chi connectivity index (χ0v) is 13.1. The van der Waals surface area contributed by atoms with Crippen LogP contribution >= 0.6 is 23.2 Å². The quantitative estimate of drug-likeness (QED) is 0.904. The molecule has 2 rings (SSSR count). The van der Waals surface area contributed by atoms with Crippen LogP contribution in [0.5, 0.6) is 0 Å². The van der Waals surface area contributed by atoms with Crippen LogP contribution in [0.25, 0.3) is 0 Å². The Balaban J connectivity index is 2.20. The molecule has 2 aromatic rings. The standard InChI is InChI=1S/C15H18Cl2N2O/c1-3-11-8-12(19(4-2)18-11)9-15(20)10-5-6-13(16)14(17)7-10/h5-8,15,20H,3-4,9H2,1-2H3. The van der Waals surface area contributed by atoms with Gasteiger partial charge in [0.15, 0.2) is 0 Å². The molecule has 0 bridgehead atoms. The minimum absolute atomic E-state index is 0.460. The van der Waals surface area contributed by atoms with Crippen LogP contribution in [0.2, 0.25) is 10.0 Å². The molecule has 1 aromatic heterocycles. The van der Waals surface area contributed by atoms with Crippen molar-refractivity contribution in [3.05, 3.63) is 51.3 Å². The monoisotopic (exact) mass is 312 g/mol. The smallest absolute Gasteiger partial charge is 0.0845 e. The summed E-state index contributed by atoms with van der Waals surface area (Å²) in [6.45, 7) is 4.91. The largest absolute Gasteiger partial charge is 0.388 e. The highest BCUT2D eigenvalue weighted by molar-refractivity contribution is 6.42. The number of aliphatic hydroxyl groups is 1. The molecule has 0 aliphatic carbocycles. The third-order valence-corrected chi connectivity index (χ3v) is 4.05. The lowest BCUT2D eigenvalue weighted by Gasteiger charge is -2.12. The maximum atomic E-state index is 10.3. The first-order valence-electron chi connectivity index (χ1n) is 6.73. The summed E-state index contributed by atoms with van der Waals surface area (Å²) in [5.74, 6) is 0. The average molecular weight is 313 g/mol. The molecular weight excluding hydrogens is 295 g/mol. The van der Waals surface area contributed by atoms with E-state index in [-0.39, 0.29) is 0 Å². The van der Waals surface area contributed by atoms with Gasteiger partial charge in [-0.05, 0) is 37.1 Å². The Bertz CT molecular complexity index is 596. The first-order chi connectivity index (χ1) is 9.55. The van der Waals surface area contributed by atoms with Crippen LogP contribution < -0.4 is 0 Å². The van der Waals surface area contributed by atoms with E-state index in [1.54, 1.807) is 18.2 Å². The van der Waals surface area contributed by atoms with Gasteiger partial charge in [0.05, 0.1) is 21.8 Å². The fourth-order valence-electron chi connectivity index (χ4n) is 2.16. The van der Waals surface area contributed by atoms with Gasteiger partial charge in [0.1, 0.15) is 0 Å². The summed E-state index contributed by atoms with van der Waals surface area (Å²) < 4.78 is 1.93. The summed E-state index contributed by atoms with van der Waals surface area (Å²) in [4.78, 5) is 0. The molecule has 1 aromatic carbocycles. The summed E-state index contributed by atoms with van der Waals surface area (Å²) in [5.41, 5.74) is 2.84. The predicted molar refractivity (Wildman–Crippen MR) is 82.4 cm³/mol. The molecule has 0 aliphatic rings. The van der Waals surface area contributed by atoms with Crippen molar-refractivity contribution in [2.24, 2.45) is 0 Å². The van der Waals surface area contributed by atoms with Crippen molar-refractivity contribution >= 4 is 23.2 Å². The maximum Gasteiger partial charge on any atom is 0.0845 e. The topological polar surface area (TPSA) is 38.0 Å². The second-order valence-electron chi connectivity index (χ2n) is 4.69. The Kier molecular flexibility index (Phi) is 5.08. The third-order valence-electron chi connectivity index (χ3n) is 3.31. The lowest BCUT2D eigenvalue weighted by atomic mass is 10.0. The van der Waals surface area contributed by atoms with Crippen molar-refractivity contribution in [1.29, 1.82) is 0 Å². The molecule has 0 aliphatic heterocycles. The highest BCUT2D eigenvalue weighted by Gasteiger charge is 2.14. The second-order valence-corrected chi connectivity index (χ2v) is 5.50. The van der Waals surface area contributed by atoms with Gasteiger partial charge in [0, 0.05) is 18.7 Å². The van der Waals surface area contributed by atoms with Crippen LogP contribution in [0.1, 0.15) is 36.9 Å². The second kappa shape index (κ2) is 6.61. The average Bonchev–Trinajstić information content (AvgIpc) is 2.84. The van der Waals surface area contributed by atoms with Crippen LogP contribution in [0.15, 0.2) is 24.3 Å². The number of aliphatic hydroxyl groups excluding tert-OH is 1. The van der Waals surface area contributed by atoms with E-state index in [0.717, 1.165) is 29.9 Å². The summed E-state index contributed by atoms with van der Waals surface area (Å²) in [7, 11) is 0. The third kappa shape index (κ3) is 3.35. The number of hydrogen-bond donors (Lipinski definition) is 1. The number of aryl methyl sites for hydroxylation is 2. The van der Waals surface area contributed by atoms with Gasteiger partial charge < -0.3 is 5.11 Å². The summed E-state index contributed by atoms with van der Waals surface area (Å²) in [5, 5.41) is 15.8. The van der Waals surface area contributed by atoms with Gasteiger partial charge in [0.25, 0.3) is 0 Å². The minimum Gasteiger partial charge on any atom is -0.388 e. The van der Waals surface area contributed by atoms with E-state index in [1.165, 1.54) is 0 Å². The van der Waals surface area contributed by atoms with E-state index < -0.39 is 6.10 Å². The Morgan fingerprint density at radius 3 is 2.55 bits per heavy atom. The van der Waals surface area contributed by atoms with Crippen LogP contribution in [-0.4, -0.2) is 14.9 Å². The number of hydrogen-bond acceptors (Lipinski definition) is 2. The molecule has 1 atom stereocenters. The van der Waals surface area contributed by atoms with Crippen LogP contribution in [-0.2, 0) is 19.4 Å². The Labute approximate surface area is 129 Å². The van der Waals surface area contributed by atoms with Crippen molar-refractivity contribution in [1.82, 2.24) is 9.78 Å². The number of aromatic nitrogens is 2. The fourth-order valence-corrected chi connectivity index (χ4v) is 2.47. The lowest BCUT2D eigenvalue weighted by Crippen LogP contribution is -2.08. The Hall–Kier alpha value is -1.03. The zero-order valence-electron chi connectivity index (χ0n) is 11.6. The molecule has 0 amide bonds. The number of halogens is 2. The maximum absolute atomic E-state index is 10.3. The van der Waals surface area contributed by atoms with E-state index in [0.29, 0.717) is 16.5 Å². The van der Waals surface area contributed by atoms with Gasteiger partial charge in [0.2, 0.25) is 0 Å². The van der Waals surface area contributed by atoms with Crippen LogP contribution in [0.4, 0.5) is 0 Å². The molecule has 3 nitrogen and oxygen atoms in total. The van der Waals surface area contributed by atoms with E-state index in [2.05, 4.69) is 12.0 Å². The van der Waals surface area contributed by atoms with Gasteiger partial charge in [-0.3, -0.25) is 4.68 Å². The first-order valence-corrected chi connectivity index (χ1v) is 7.49. The normalized spacial score (nSPS) is 12.7. The molecule has 0 saturated carbocycles. The van der Waals surface area contributed by atoms with Crippen molar-refractivity contribution in [3.8, 4) is 0 Å². The van der Waals surface area contributed by atoms with E-state index in [1.807, 2.05) is 17.7 Å². The summed E-state index contributed by atoms with van der Waals surface area (Å²) >= 11 is 11.9.